The molecule has 0 aliphatic heterocycles. The number of esters is 1. The molecule has 0 saturated heterocycles. The second kappa shape index (κ2) is 10.0. The number of allylic oxidation sites excluding steroid dienone is 1. The van der Waals surface area contributed by atoms with Crippen LogP contribution in [0.1, 0.15) is 90.9 Å². The summed E-state index contributed by atoms with van der Waals surface area (Å²) in [6, 6.07) is 0. The molecule has 136 valence electrons. The van der Waals surface area contributed by atoms with Crippen LogP contribution in [0.4, 0.5) is 0 Å². The minimum absolute atomic E-state index is 0.0948. The molecule has 3 heteroatoms. The lowest BCUT2D eigenvalue weighted by atomic mass is 9.71. The van der Waals surface area contributed by atoms with Crippen molar-refractivity contribution in [2.45, 2.75) is 90.9 Å². The van der Waals surface area contributed by atoms with Crippen molar-refractivity contribution in [3.05, 3.63) is 11.1 Å². The zero-order valence-electron chi connectivity index (χ0n) is 15.6. The van der Waals surface area contributed by atoms with E-state index >= 15 is 0 Å². The normalized spacial score (nSPS) is 19.8. The van der Waals surface area contributed by atoms with Crippen molar-refractivity contribution in [2.24, 2.45) is 11.8 Å². The molecule has 2 aliphatic rings. The second-order valence-corrected chi connectivity index (χ2v) is 7.55. The van der Waals surface area contributed by atoms with Crippen LogP contribution in [0.2, 0.25) is 0 Å². The molecule has 0 aromatic carbocycles. The van der Waals surface area contributed by atoms with Crippen LogP contribution in [0.3, 0.4) is 0 Å². The summed E-state index contributed by atoms with van der Waals surface area (Å²) < 4.78 is 5.45. The summed E-state index contributed by atoms with van der Waals surface area (Å²) in [5.74, 6) is 0.378. The Bertz CT molecular complexity index is 432. The summed E-state index contributed by atoms with van der Waals surface area (Å²) in [5, 5.41) is 0. The summed E-state index contributed by atoms with van der Waals surface area (Å²) in [4.78, 5) is 25.1. The van der Waals surface area contributed by atoms with Gasteiger partial charge in [0.1, 0.15) is 5.57 Å². The average Bonchev–Trinajstić information content (AvgIpc) is 2.60. The molecule has 0 aromatic rings. The van der Waals surface area contributed by atoms with Crippen LogP contribution in [-0.2, 0) is 14.3 Å². The molecule has 2 aliphatic carbocycles. The minimum atomic E-state index is -0.359. The number of hydrogen-bond donors (Lipinski definition) is 0. The van der Waals surface area contributed by atoms with Crippen molar-refractivity contribution < 1.29 is 14.3 Å². The molecular weight excluding hydrogens is 300 g/mol. The van der Waals surface area contributed by atoms with Crippen LogP contribution < -0.4 is 0 Å². The predicted octanol–water partition coefficient (Wildman–Crippen LogP) is 5.38. The fraction of sp³-hybridized carbons (Fsp3) is 0.810. The summed E-state index contributed by atoms with van der Waals surface area (Å²) in [6.45, 7) is 4.04. The molecule has 3 nitrogen and oxygen atoms in total. The Balaban J connectivity index is 2.30. The SMILES string of the molecule is CCCCOC(=O)C(C(C)=O)=C(C1CCCCC1)C1CCCCC1. The van der Waals surface area contributed by atoms with Gasteiger partial charge in [0, 0.05) is 0 Å². The summed E-state index contributed by atoms with van der Waals surface area (Å²) in [7, 11) is 0. The van der Waals surface area contributed by atoms with E-state index in [1.165, 1.54) is 44.1 Å². The first-order chi connectivity index (χ1) is 11.6. The average molecular weight is 335 g/mol. The number of ether oxygens (including phenoxy) is 1. The topological polar surface area (TPSA) is 43.4 Å². The molecule has 0 unspecified atom stereocenters. The van der Waals surface area contributed by atoms with Crippen LogP contribution in [-0.4, -0.2) is 18.4 Å². The monoisotopic (exact) mass is 334 g/mol. The van der Waals surface area contributed by atoms with Gasteiger partial charge < -0.3 is 4.74 Å². The van der Waals surface area contributed by atoms with E-state index in [1.54, 1.807) is 6.92 Å². The quantitative estimate of drug-likeness (QED) is 0.206. The van der Waals surface area contributed by atoms with E-state index in [2.05, 4.69) is 6.92 Å². The molecule has 0 N–H and O–H groups in total. The smallest absolute Gasteiger partial charge is 0.341 e. The summed E-state index contributed by atoms with van der Waals surface area (Å²) >= 11 is 0. The van der Waals surface area contributed by atoms with Crippen molar-refractivity contribution in [1.82, 2.24) is 0 Å². The van der Waals surface area contributed by atoms with E-state index in [0.29, 0.717) is 24.0 Å². The number of Topliss-reactive ketones (excluding diaryl/α,β-unsaturated/α-hetero) is 1. The Morgan fingerprint density at radius 3 is 1.79 bits per heavy atom. The van der Waals surface area contributed by atoms with Gasteiger partial charge in [-0.1, -0.05) is 51.9 Å². The van der Waals surface area contributed by atoms with E-state index in [-0.39, 0.29) is 11.8 Å². The maximum absolute atomic E-state index is 12.7. The van der Waals surface area contributed by atoms with E-state index in [1.807, 2.05) is 0 Å². The Hall–Kier alpha value is -1.12. The summed E-state index contributed by atoms with van der Waals surface area (Å²) in [6.07, 6.45) is 13.8. The molecule has 0 spiro atoms. The molecule has 24 heavy (non-hydrogen) atoms. The van der Waals surface area contributed by atoms with Gasteiger partial charge in [-0.3, -0.25) is 4.79 Å². The molecular formula is C21H34O3. The maximum atomic E-state index is 12.7. The van der Waals surface area contributed by atoms with E-state index in [9.17, 15) is 9.59 Å². The third-order valence-corrected chi connectivity index (χ3v) is 5.67. The van der Waals surface area contributed by atoms with Gasteiger partial charge in [-0.2, -0.15) is 0 Å². The number of hydrogen-bond acceptors (Lipinski definition) is 3. The number of rotatable bonds is 7. The highest BCUT2D eigenvalue weighted by molar-refractivity contribution is 6.17. The van der Waals surface area contributed by atoms with Crippen LogP contribution >= 0.6 is 0 Å². The fourth-order valence-electron chi connectivity index (χ4n) is 4.41. The van der Waals surface area contributed by atoms with Crippen molar-refractivity contribution in [3.8, 4) is 0 Å². The van der Waals surface area contributed by atoms with Crippen molar-refractivity contribution in [1.29, 1.82) is 0 Å². The van der Waals surface area contributed by atoms with Gasteiger partial charge in [-0.15, -0.1) is 0 Å². The lowest BCUT2D eigenvalue weighted by molar-refractivity contribution is -0.140. The standard InChI is InChI=1S/C21H34O3/c1-3-4-15-24-21(23)19(16(2)22)20(17-11-7-5-8-12-17)18-13-9-6-10-14-18/h17-18H,3-15H2,1-2H3. The Labute approximate surface area is 147 Å². The van der Waals surface area contributed by atoms with Crippen LogP contribution in [0.15, 0.2) is 11.1 Å². The number of ketones is 1. The second-order valence-electron chi connectivity index (χ2n) is 7.55. The predicted molar refractivity (Wildman–Crippen MR) is 96.7 cm³/mol. The minimum Gasteiger partial charge on any atom is -0.462 e. The number of carbonyl (C=O) groups excluding carboxylic acids is 2. The van der Waals surface area contributed by atoms with Crippen LogP contribution in [0.25, 0.3) is 0 Å². The lowest BCUT2D eigenvalue weighted by Gasteiger charge is -2.33. The van der Waals surface area contributed by atoms with Crippen LogP contribution in [0.5, 0.6) is 0 Å². The Morgan fingerprint density at radius 2 is 1.38 bits per heavy atom. The number of carbonyl (C=O) groups is 2. The van der Waals surface area contributed by atoms with Gasteiger partial charge >= 0.3 is 5.97 Å². The van der Waals surface area contributed by atoms with Gasteiger partial charge in [0.15, 0.2) is 5.78 Å². The van der Waals surface area contributed by atoms with Gasteiger partial charge in [0.2, 0.25) is 0 Å². The first kappa shape index (κ1) is 19.2. The first-order valence-corrected chi connectivity index (χ1v) is 10.1. The molecule has 0 amide bonds. The highest BCUT2D eigenvalue weighted by Crippen LogP contribution is 2.41. The zero-order chi connectivity index (χ0) is 17.4. The third kappa shape index (κ3) is 5.19. The molecule has 2 rings (SSSR count). The molecule has 0 radical (unpaired) electrons. The van der Waals surface area contributed by atoms with Gasteiger partial charge in [0.25, 0.3) is 0 Å². The van der Waals surface area contributed by atoms with Gasteiger partial charge in [-0.25, -0.2) is 4.79 Å². The molecule has 0 aromatic heterocycles. The first-order valence-electron chi connectivity index (χ1n) is 10.1. The Kier molecular flexibility index (Phi) is 8.01. The van der Waals surface area contributed by atoms with Crippen molar-refractivity contribution >= 4 is 11.8 Å². The van der Waals surface area contributed by atoms with Gasteiger partial charge in [-0.05, 0) is 56.4 Å². The molecule has 2 saturated carbocycles. The highest BCUT2D eigenvalue weighted by atomic mass is 16.5. The van der Waals surface area contributed by atoms with E-state index in [0.717, 1.165) is 38.5 Å². The third-order valence-electron chi connectivity index (χ3n) is 5.67. The fourth-order valence-corrected chi connectivity index (χ4v) is 4.41. The van der Waals surface area contributed by atoms with Crippen LogP contribution in [0, 0.1) is 11.8 Å². The van der Waals surface area contributed by atoms with Crippen molar-refractivity contribution in [2.75, 3.05) is 6.61 Å². The maximum Gasteiger partial charge on any atom is 0.341 e. The highest BCUT2D eigenvalue weighted by Gasteiger charge is 2.33. The summed E-state index contributed by atoms with van der Waals surface area (Å²) in [5.41, 5.74) is 1.58. The molecule has 0 bridgehead atoms. The molecule has 0 atom stereocenters. The van der Waals surface area contributed by atoms with Crippen molar-refractivity contribution in [3.63, 3.8) is 0 Å². The van der Waals surface area contributed by atoms with E-state index < -0.39 is 0 Å². The zero-order valence-corrected chi connectivity index (χ0v) is 15.6. The van der Waals surface area contributed by atoms with Gasteiger partial charge in [0.05, 0.1) is 6.61 Å². The largest absolute Gasteiger partial charge is 0.462 e. The molecule has 0 heterocycles. The van der Waals surface area contributed by atoms with E-state index in [4.69, 9.17) is 4.74 Å². The molecule has 2 fully saturated rings. The lowest BCUT2D eigenvalue weighted by Crippen LogP contribution is -2.26. The number of unbranched alkanes of at least 4 members (excludes halogenated alkanes) is 1. The Morgan fingerprint density at radius 1 is 0.875 bits per heavy atom.